The molecule has 4 aromatic rings. The SMILES string of the molecule is Cc1cc(-n2nccn2)c2cccc(OCc3c(Cl)cc(F)cc3[C@H](C)NC(=O)C(C)(C)O)c2n1. The first kappa shape index (κ1) is 24.6. The Kier molecular flexibility index (Phi) is 6.73. The number of halogens is 2. The number of aromatic nitrogens is 4. The Labute approximate surface area is 206 Å². The number of carbonyl (C=O) groups excluding carboxylic acids is 1. The second kappa shape index (κ2) is 9.59. The largest absolute Gasteiger partial charge is 0.487 e. The number of fused-ring (bicyclic) bond motifs is 1. The van der Waals surface area contributed by atoms with Crippen molar-refractivity contribution >= 4 is 28.4 Å². The number of nitrogens with zero attached hydrogens (tertiary/aromatic N) is 4. The quantitative estimate of drug-likeness (QED) is 0.391. The summed E-state index contributed by atoms with van der Waals surface area (Å²) >= 11 is 6.39. The van der Waals surface area contributed by atoms with Crippen molar-refractivity contribution in [3.63, 3.8) is 0 Å². The van der Waals surface area contributed by atoms with Gasteiger partial charge in [-0.05, 0) is 57.5 Å². The van der Waals surface area contributed by atoms with Gasteiger partial charge in [-0.1, -0.05) is 23.7 Å². The van der Waals surface area contributed by atoms with Crippen LogP contribution in [0.5, 0.6) is 5.75 Å². The third-order valence-corrected chi connectivity index (χ3v) is 5.82. The monoisotopic (exact) mass is 497 g/mol. The van der Waals surface area contributed by atoms with Gasteiger partial charge in [0.1, 0.15) is 29.3 Å². The highest BCUT2D eigenvalue weighted by Crippen LogP contribution is 2.32. The molecule has 10 heteroatoms. The van der Waals surface area contributed by atoms with Crippen LogP contribution in [0, 0.1) is 12.7 Å². The third kappa shape index (κ3) is 5.26. The summed E-state index contributed by atoms with van der Waals surface area (Å²) in [7, 11) is 0. The molecule has 0 radical (unpaired) electrons. The summed E-state index contributed by atoms with van der Waals surface area (Å²) in [5.41, 5.74) is 1.49. The van der Waals surface area contributed by atoms with Crippen molar-refractivity contribution in [2.75, 3.05) is 0 Å². The topological polar surface area (TPSA) is 102 Å². The van der Waals surface area contributed by atoms with E-state index in [1.165, 1.54) is 30.8 Å². The molecule has 2 N–H and O–H groups in total. The number of aryl methyl sites for hydroxylation is 1. The van der Waals surface area contributed by atoms with E-state index in [2.05, 4.69) is 20.5 Å². The molecule has 0 fully saturated rings. The minimum Gasteiger partial charge on any atom is -0.487 e. The predicted molar refractivity (Wildman–Crippen MR) is 130 cm³/mol. The maximum Gasteiger partial charge on any atom is 0.251 e. The number of nitrogens with one attached hydrogen (secondary N) is 1. The zero-order valence-corrected chi connectivity index (χ0v) is 20.5. The Balaban J connectivity index is 1.69. The molecule has 0 saturated heterocycles. The average molecular weight is 498 g/mol. The Morgan fingerprint density at radius 3 is 2.66 bits per heavy atom. The Morgan fingerprint density at radius 1 is 1.26 bits per heavy atom. The van der Waals surface area contributed by atoms with Gasteiger partial charge in [0.25, 0.3) is 5.91 Å². The average Bonchev–Trinajstić information content (AvgIpc) is 3.31. The van der Waals surface area contributed by atoms with Crippen LogP contribution in [0.4, 0.5) is 4.39 Å². The van der Waals surface area contributed by atoms with Crippen LogP contribution in [0.25, 0.3) is 16.6 Å². The van der Waals surface area contributed by atoms with Crippen molar-refractivity contribution in [2.45, 2.75) is 45.9 Å². The number of pyridine rings is 1. The normalized spacial score (nSPS) is 12.5. The number of aliphatic hydroxyl groups is 1. The van der Waals surface area contributed by atoms with Crippen LogP contribution in [-0.4, -0.2) is 36.6 Å². The standard InChI is InChI=1S/C25H25ClFN5O3/c1-14-10-21(32-28-8-9-29-32)17-6-5-7-22(23(17)30-14)35-13-19-18(11-16(27)12-20(19)26)15(2)31-24(33)25(3,4)34/h5-12,15,34H,13H2,1-4H3,(H,31,33)/t15-/m0/s1. The summed E-state index contributed by atoms with van der Waals surface area (Å²) < 4.78 is 20.4. The minimum atomic E-state index is -1.59. The summed E-state index contributed by atoms with van der Waals surface area (Å²) in [6.45, 7) is 6.30. The van der Waals surface area contributed by atoms with E-state index in [4.69, 9.17) is 16.3 Å². The van der Waals surface area contributed by atoms with Gasteiger partial charge in [-0.2, -0.15) is 15.0 Å². The van der Waals surface area contributed by atoms with Crippen LogP contribution in [-0.2, 0) is 11.4 Å². The zero-order valence-electron chi connectivity index (χ0n) is 19.7. The van der Waals surface area contributed by atoms with Gasteiger partial charge < -0.3 is 15.2 Å². The van der Waals surface area contributed by atoms with Crippen molar-refractivity contribution in [3.05, 3.63) is 76.5 Å². The van der Waals surface area contributed by atoms with Gasteiger partial charge in [0.15, 0.2) is 0 Å². The molecule has 182 valence electrons. The number of ether oxygens (including phenoxy) is 1. The lowest BCUT2D eigenvalue weighted by Crippen LogP contribution is -2.43. The van der Waals surface area contributed by atoms with E-state index in [-0.39, 0.29) is 11.6 Å². The van der Waals surface area contributed by atoms with Gasteiger partial charge in [0.05, 0.1) is 29.1 Å². The second-order valence-electron chi connectivity index (χ2n) is 8.75. The van der Waals surface area contributed by atoms with Crippen molar-refractivity contribution in [1.29, 1.82) is 0 Å². The molecule has 0 aliphatic heterocycles. The van der Waals surface area contributed by atoms with E-state index in [1.54, 1.807) is 25.4 Å². The lowest BCUT2D eigenvalue weighted by atomic mass is 10.00. The van der Waals surface area contributed by atoms with Crippen LogP contribution in [0.15, 0.2) is 48.8 Å². The molecule has 0 unspecified atom stereocenters. The van der Waals surface area contributed by atoms with E-state index in [0.29, 0.717) is 22.4 Å². The first-order chi connectivity index (χ1) is 16.5. The number of carbonyl (C=O) groups is 1. The van der Waals surface area contributed by atoms with Gasteiger partial charge >= 0.3 is 0 Å². The Morgan fingerprint density at radius 2 is 1.97 bits per heavy atom. The number of benzene rings is 2. The fraction of sp³-hybridized carbons (Fsp3) is 0.280. The highest BCUT2D eigenvalue weighted by atomic mass is 35.5. The van der Waals surface area contributed by atoms with Crippen molar-refractivity contribution in [2.24, 2.45) is 0 Å². The molecule has 35 heavy (non-hydrogen) atoms. The predicted octanol–water partition coefficient (Wildman–Crippen LogP) is 4.44. The van der Waals surface area contributed by atoms with Crippen molar-refractivity contribution in [3.8, 4) is 11.4 Å². The number of para-hydroxylation sites is 1. The minimum absolute atomic E-state index is 0.00125. The number of hydrogen-bond acceptors (Lipinski definition) is 6. The lowest BCUT2D eigenvalue weighted by Gasteiger charge is -2.23. The molecule has 8 nitrogen and oxygen atoms in total. The molecule has 0 aliphatic rings. The van der Waals surface area contributed by atoms with Crippen LogP contribution < -0.4 is 10.1 Å². The van der Waals surface area contributed by atoms with Gasteiger partial charge in [0.2, 0.25) is 0 Å². The molecule has 1 amide bonds. The fourth-order valence-corrected chi connectivity index (χ4v) is 3.98. The third-order valence-electron chi connectivity index (χ3n) is 5.48. The molecule has 0 bridgehead atoms. The highest BCUT2D eigenvalue weighted by molar-refractivity contribution is 6.31. The second-order valence-corrected chi connectivity index (χ2v) is 9.16. The highest BCUT2D eigenvalue weighted by Gasteiger charge is 2.27. The summed E-state index contributed by atoms with van der Waals surface area (Å²) in [5.74, 6) is -0.637. The molecule has 2 aromatic carbocycles. The smallest absolute Gasteiger partial charge is 0.251 e. The Hall–Kier alpha value is -3.56. The van der Waals surface area contributed by atoms with Crippen LogP contribution in [0.1, 0.15) is 43.6 Å². The molecule has 2 heterocycles. The molecule has 0 aliphatic carbocycles. The molecular weight excluding hydrogens is 473 g/mol. The van der Waals surface area contributed by atoms with E-state index in [0.717, 1.165) is 16.8 Å². The van der Waals surface area contributed by atoms with E-state index in [9.17, 15) is 14.3 Å². The summed E-state index contributed by atoms with van der Waals surface area (Å²) in [6.07, 6.45) is 3.19. The van der Waals surface area contributed by atoms with Crippen LogP contribution in [0.3, 0.4) is 0 Å². The first-order valence-corrected chi connectivity index (χ1v) is 11.3. The summed E-state index contributed by atoms with van der Waals surface area (Å²) in [5, 5.41) is 22.1. The molecule has 0 saturated carbocycles. The number of rotatable bonds is 7. The van der Waals surface area contributed by atoms with Crippen LogP contribution >= 0.6 is 11.6 Å². The number of amides is 1. The van der Waals surface area contributed by atoms with Crippen molar-refractivity contribution in [1.82, 2.24) is 25.3 Å². The molecule has 4 rings (SSSR count). The molecule has 1 atom stereocenters. The van der Waals surface area contributed by atoms with Gasteiger partial charge in [-0.15, -0.1) is 0 Å². The summed E-state index contributed by atoms with van der Waals surface area (Å²) in [6, 6.07) is 9.26. The van der Waals surface area contributed by atoms with E-state index in [1.807, 2.05) is 25.1 Å². The van der Waals surface area contributed by atoms with Crippen molar-refractivity contribution < 1.29 is 19.0 Å². The maximum atomic E-state index is 14.2. The first-order valence-electron chi connectivity index (χ1n) is 11.0. The lowest BCUT2D eigenvalue weighted by molar-refractivity contribution is -0.137. The fourth-order valence-electron chi connectivity index (χ4n) is 3.71. The van der Waals surface area contributed by atoms with E-state index >= 15 is 0 Å². The van der Waals surface area contributed by atoms with E-state index < -0.39 is 23.4 Å². The van der Waals surface area contributed by atoms with Gasteiger partial charge in [-0.3, -0.25) is 4.79 Å². The van der Waals surface area contributed by atoms with Gasteiger partial charge in [0, 0.05) is 16.6 Å². The number of hydrogen-bond donors (Lipinski definition) is 2. The molecule has 2 aromatic heterocycles. The van der Waals surface area contributed by atoms with Crippen LogP contribution in [0.2, 0.25) is 5.02 Å². The zero-order chi connectivity index (χ0) is 25.3. The molecular formula is C25H25ClFN5O3. The Bertz CT molecular complexity index is 1390. The maximum absolute atomic E-state index is 14.2. The van der Waals surface area contributed by atoms with Gasteiger partial charge in [-0.25, -0.2) is 9.37 Å². The summed E-state index contributed by atoms with van der Waals surface area (Å²) in [4.78, 5) is 18.4. The molecule has 0 spiro atoms.